The zero-order valence-electron chi connectivity index (χ0n) is 2.92. The van der Waals surface area contributed by atoms with Crippen LogP contribution in [0.25, 0.3) is 0 Å². The van der Waals surface area contributed by atoms with Crippen LogP contribution in [0.15, 0.2) is 0 Å². The van der Waals surface area contributed by atoms with Crippen LogP contribution in [0.2, 0.25) is 0 Å². The van der Waals surface area contributed by atoms with Gasteiger partial charge in [-0.25, -0.2) is 0 Å². The van der Waals surface area contributed by atoms with Crippen LogP contribution in [0, 0.1) is 0 Å². The molecule has 0 unspecified atom stereocenters. The van der Waals surface area contributed by atoms with Crippen LogP contribution < -0.4 is 0 Å². The van der Waals surface area contributed by atoms with Crippen LogP contribution in [-0.4, -0.2) is 17.4 Å². The molecule has 0 aliphatic carbocycles. The maximum atomic E-state index is 0. The third kappa shape index (κ3) is 109. The van der Waals surface area contributed by atoms with Gasteiger partial charge in [0.2, 0.25) is 0 Å². The summed E-state index contributed by atoms with van der Waals surface area (Å²) >= 11 is 0. The summed E-state index contributed by atoms with van der Waals surface area (Å²) in [4.78, 5) is 0. The molecule has 0 aliphatic heterocycles. The predicted molar refractivity (Wildman–Crippen MR) is 8.50 cm³/mol. The first-order valence-corrected chi connectivity index (χ1v) is 0. The molecule has 0 atom stereocenters. The molecule has 2 radical (unpaired) electrons. The molecule has 0 fully saturated rings. The Kier molecular flexibility index (Phi) is 5070. The molecule has 0 saturated heterocycles. The zero-order valence-corrected chi connectivity index (χ0v) is 6.28. The maximum Gasteiger partial charge on any atom is 3.00 e. The maximum absolute atomic E-state index is 0. The monoisotopic (exact) mass is 203 g/mol. The molecular weight excluding hydrogens is 203 g/mol. The van der Waals surface area contributed by atoms with Gasteiger partial charge >= 0.3 is 51.5 Å². The first-order chi connectivity index (χ1) is 0. The van der Waals surface area contributed by atoms with Crippen molar-refractivity contribution in [2.75, 3.05) is 0 Å². The molecule has 0 aromatic heterocycles. The van der Waals surface area contributed by atoms with E-state index in [1.807, 2.05) is 0 Å². The summed E-state index contributed by atoms with van der Waals surface area (Å²) in [5, 5.41) is 0. The van der Waals surface area contributed by atoms with Crippen LogP contribution >= 0.6 is 0 Å². The summed E-state index contributed by atoms with van der Waals surface area (Å²) in [5.74, 6) is 0. The van der Waals surface area contributed by atoms with Crippen molar-refractivity contribution in [1.29, 1.82) is 0 Å². The molecule has 0 aromatic rings. The van der Waals surface area contributed by atoms with E-state index < -0.39 is 0 Å². The summed E-state index contributed by atoms with van der Waals surface area (Å²) in [5.41, 5.74) is 0. The minimum Gasteiger partial charge on any atom is -2.00 e. The summed E-state index contributed by atoms with van der Waals surface area (Å²) in [6.07, 6.45) is 0. The molecule has 0 aliphatic rings. The molecule has 0 N–H and O–H groups in total. The standard InChI is InChI=1S/Al.2Fe.4O/q3*+3;4*-2. The van der Waals surface area contributed by atoms with Gasteiger partial charge in [-0.3, -0.25) is 0 Å². The van der Waals surface area contributed by atoms with Crippen LogP contribution in [0.4, 0.5) is 0 Å². The second kappa shape index (κ2) is 153. The first-order valence-electron chi connectivity index (χ1n) is 0. The summed E-state index contributed by atoms with van der Waals surface area (Å²) in [6, 6.07) is 0. The Morgan fingerprint density at radius 1 is 0.429 bits per heavy atom. The molecule has 4 nitrogen and oxygen atoms in total. The van der Waals surface area contributed by atoms with Crippen molar-refractivity contribution in [1.82, 2.24) is 0 Å². The van der Waals surface area contributed by atoms with E-state index in [0.29, 0.717) is 0 Å². The Hall–Kier alpha value is 1.41. The van der Waals surface area contributed by atoms with Gasteiger partial charge in [0.05, 0.1) is 0 Å². The second-order valence-electron chi connectivity index (χ2n) is 0. The van der Waals surface area contributed by atoms with E-state index in [9.17, 15) is 0 Å². The van der Waals surface area contributed by atoms with Crippen molar-refractivity contribution in [3.05, 3.63) is 0 Å². The fourth-order valence-corrected chi connectivity index (χ4v) is 0. The van der Waals surface area contributed by atoms with Crippen LogP contribution in [-0.2, 0) is 56.0 Å². The fourth-order valence-electron chi connectivity index (χ4n) is 0. The van der Waals surface area contributed by atoms with Gasteiger partial charge in [-0.15, -0.1) is 0 Å². The Labute approximate surface area is 73.4 Å². The average molecular weight is 203 g/mol. The van der Waals surface area contributed by atoms with Gasteiger partial charge < -0.3 is 21.9 Å². The Balaban J connectivity index is 0. The quantitative estimate of drug-likeness (QED) is 0.455. The average Bonchev–Trinajstić information content (AvgIpc) is 0. The molecule has 0 aromatic carbocycles. The normalized spacial score (nSPS) is 0. The number of rotatable bonds is 0. The molecule has 42 valence electrons. The molecule has 0 spiro atoms. The van der Waals surface area contributed by atoms with Gasteiger partial charge in [0.15, 0.2) is 0 Å². The van der Waals surface area contributed by atoms with Gasteiger partial charge in [0, 0.05) is 0 Å². The van der Waals surface area contributed by atoms with E-state index in [2.05, 4.69) is 0 Å². The molecule has 7 heteroatoms. The van der Waals surface area contributed by atoms with E-state index in [1.54, 1.807) is 0 Å². The minimum atomic E-state index is 0. The predicted octanol–water partition coefficient (Wildman–Crippen LogP) is -0.861. The molecule has 0 saturated carbocycles. The van der Waals surface area contributed by atoms with Gasteiger partial charge in [-0.05, 0) is 0 Å². The van der Waals surface area contributed by atoms with Crippen molar-refractivity contribution in [3.8, 4) is 0 Å². The van der Waals surface area contributed by atoms with Crippen molar-refractivity contribution in [2.45, 2.75) is 0 Å². The van der Waals surface area contributed by atoms with E-state index in [0.717, 1.165) is 0 Å². The van der Waals surface area contributed by atoms with Crippen molar-refractivity contribution >= 4 is 17.4 Å². The van der Waals surface area contributed by atoms with Crippen molar-refractivity contribution < 1.29 is 56.0 Å². The van der Waals surface area contributed by atoms with Crippen LogP contribution in [0.1, 0.15) is 0 Å². The second-order valence-corrected chi connectivity index (χ2v) is 0. The summed E-state index contributed by atoms with van der Waals surface area (Å²) < 4.78 is 0. The SMILES string of the molecule is [Al+3].[Fe+3].[Fe+3].[O-2].[O-2].[O-2].[O-2]. The molecule has 0 amide bonds. The Morgan fingerprint density at radius 2 is 0.429 bits per heavy atom. The van der Waals surface area contributed by atoms with Gasteiger partial charge in [-0.1, -0.05) is 0 Å². The Bertz CT molecular complexity index is 9.65. The minimum absolute atomic E-state index is 0. The zero-order chi connectivity index (χ0) is 0. The smallest absolute Gasteiger partial charge is 2.00 e. The van der Waals surface area contributed by atoms with Crippen molar-refractivity contribution in [2.24, 2.45) is 0 Å². The van der Waals surface area contributed by atoms with Gasteiger partial charge in [-0.2, -0.15) is 0 Å². The molecule has 7 heavy (non-hydrogen) atoms. The van der Waals surface area contributed by atoms with E-state index in [-0.39, 0.29) is 73.4 Å². The number of hydrogen-bond acceptors (Lipinski definition) is 0. The molecule has 0 rings (SSSR count). The van der Waals surface area contributed by atoms with Crippen LogP contribution in [0.5, 0.6) is 0 Å². The van der Waals surface area contributed by atoms with Gasteiger partial charge in [0.25, 0.3) is 0 Å². The molecular formula is AlFe2O4+. The third-order valence-corrected chi connectivity index (χ3v) is 0. The van der Waals surface area contributed by atoms with E-state index in [4.69, 9.17) is 0 Å². The van der Waals surface area contributed by atoms with Gasteiger partial charge in [0.1, 0.15) is 0 Å². The van der Waals surface area contributed by atoms with Crippen LogP contribution in [0.3, 0.4) is 0 Å². The topological polar surface area (TPSA) is 114 Å². The molecule has 0 bridgehead atoms. The fraction of sp³-hybridized carbons (Fsp3) is 0. The summed E-state index contributed by atoms with van der Waals surface area (Å²) in [7, 11) is 0. The molecule has 0 heterocycles. The summed E-state index contributed by atoms with van der Waals surface area (Å²) in [6.45, 7) is 0. The van der Waals surface area contributed by atoms with Crippen molar-refractivity contribution in [3.63, 3.8) is 0 Å². The first kappa shape index (κ1) is 232. The third-order valence-electron chi connectivity index (χ3n) is 0. The largest absolute Gasteiger partial charge is 3.00 e. The van der Waals surface area contributed by atoms with E-state index >= 15 is 0 Å². The Morgan fingerprint density at radius 3 is 0.429 bits per heavy atom. The van der Waals surface area contributed by atoms with E-state index in [1.165, 1.54) is 0 Å². The number of hydrogen-bond donors (Lipinski definition) is 0.